The van der Waals surface area contributed by atoms with E-state index < -0.39 is 15.7 Å². The monoisotopic (exact) mass is 453 g/mol. The molecule has 1 amide bonds. The Morgan fingerprint density at radius 2 is 1.94 bits per heavy atom. The largest absolute Gasteiger partial charge is 0.383 e. The summed E-state index contributed by atoms with van der Waals surface area (Å²) in [6, 6.07) is 5.34. The van der Waals surface area contributed by atoms with Crippen molar-refractivity contribution in [2.45, 2.75) is 36.8 Å². The number of imidazole rings is 1. The van der Waals surface area contributed by atoms with E-state index in [1.54, 1.807) is 9.47 Å². The van der Waals surface area contributed by atoms with Gasteiger partial charge in [-0.25, -0.2) is 17.8 Å². The van der Waals surface area contributed by atoms with Crippen molar-refractivity contribution in [3.63, 3.8) is 0 Å². The molecule has 0 aliphatic heterocycles. The fourth-order valence-electron chi connectivity index (χ4n) is 3.33. The van der Waals surface area contributed by atoms with Gasteiger partial charge in [0, 0.05) is 27.3 Å². The van der Waals surface area contributed by atoms with Crippen molar-refractivity contribution in [2.24, 2.45) is 5.92 Å². The normalized spacial score (nSPS) is 14.0. The molecule has 0 N–H and O–H groups in total. The Kier molecular flexibility index (Phi) is 7.79. The van der Waals surface area contributed by atoms with E-state index in [0.29, 0.717) is 23.7 Å². The Hall–Kier alpha value is -2.30. The van der Waals surface area contributed by atoms with Gasteiger partial charge in [0.2, 0.25) is 20.9 Å². The van der Waals surface area contributed by atoms with Crippen LogP contribution in [0, 0.1) is 11.7 Å². The van der Waals surface area contributed by atoms with Gasteiger partial charge >= 0.3 is 0 Å². The standard InChI is InChI=1S/C21H28FN3O5S/c1-29-10-9-25-19(13-24(12-16-3-4-16)20(26)14-30-2)11-23-21(25)31(27,28)15-17-5-7-18(22)8-6-17/h5-8,11,16H,3-4,9-10,12-15H2,1-2H3. The van der Waals surface area contributed by atoms with Crippen LogP contribution in [0.2, 0.25) is 0 Å². The van der Waals surface area contributed by atoms with Gasteiger partial charge in [0.25, 0.3) is 0 Å². The van der Waals surface area contributed by atoms with Crippen LogP contribution in [0.5, 0.6) is 0 Å². The van der Waals surface area contributed by atoms with Crippen molar-refractivity contribution >= 4 is 15.7 Å². The Labute approximate surface area is 181 Å². The van der Waals surface area contributed by atoms with Crippen LogP contribution in [0.25, 0.3) is 0 Å². The fourth-order valence-corrected chi connectivity index (χ4v) is 4.85. The van der Waals surface area contributed by atoms with E-state index in [1.807, 2.05) is 0 Å². The quantitative estimate of drug-likeness (QED) is 0.488. The SMILES string of the molecule is COCCn1c(CN(CC2CC2)C(=O)COC)cnc1S(=O)(=O)Cc1ccc(F)cc1. The average Bonchev–Trinajstić information content (AvgIpc) is 3.45. The second-order valence-electron chi connectivity index (χ2n) is 7.71. The van der Waals surface area contributed by atoms with Gasteiger partial charge in [-0.2, -0.15) is 0 Å². The number of amides is 1. The Morgan fingerprint density at radius 3 is 2.55 bits per heavy atom. The van der Waals surface area contributed by atoms with Crippen LogP contribution in [0.3, 0.4) is 0 Å². The first-order valence-corrected chi connectivity index (χ1v) is 11.8. The van der Waals surface area contributed by atoms with Crippen molar-refractivity contribution in [2.75, 3.05) is 34.0 Å². The number of sulfone groups is 1. The molecule has 1 saturated carbocycles. The molecule has 31 heavy (non-hydrogen) atoms. The summed E-state index contributed by atoms with van der Waals surface area (Å²) < 4.78 is 51.0. The molecule has 2 aromatic rings. The topological polar surface area (TPSA) is 90.7 Å². The lowest BCUT2D eigenvalue weighted by atomic mass is 10.2. The third kappa shape index (κ3) is 6.34. The van der Waals surface area contributed by atoms with Crippen LogP contribution >= 0.6 is 0 Å². The van der Waals surface area contributed by atoms with Gasteiger partial charge in [0.05, 0.1) is 30.8 Å². The number of nitrogens with zero attached hydrogens (tertiary/aromatic N) is 3. The summed E-state index contributed by atoms with van der Waals surface area (Å²) in [7, 11) is -0.797. The summed E-state index contributed by atoms with van der Waals surface area (Å²) in [5, 5.41) is -0.0885. The predicted octanol–water partition coefficient (Wildman–Crippen LogP) is 2.03. The smallest absolute Gasteiger partial charge is 0.248 e. The van der Waals surface area contributed by atoms with E-state index >= 15 is 0 Å². The van der Waals surface area contributed by atoms with Crippen molar-refractivity contribution in [1.29, 1.82) is 0 Å². The molecule has 1 aliphatic rings. The number of halogens is 1. The van der Waals surface area contributed by atoms with E-state index in [9.17, 15) is 17.6 Å². The minimum atomic E-state index is -3.80. The summed E-state index contributed by atoms with van der Waals surface area (Å²) in [6.45, 7) is 1.38. The van der Waals surface area contributed by atoms with Gasteiger partial charge in [-0.15, -0.1) is 0 Å². The van der Waals surface area contributed by atoms with Gasteiger partial charge < -0.3 is 18.9 Å². The number of rotatable bonds is 12. The third-order valence-electron chi connectivity index (χ3n) is 5.12. The van der Waals surface area contributed by atoms with E-state index in [-0.39, 0.29) is 43.1 Å². The lowest BCUT2D eigenvalue weighted by Crippen LogP contribution is -2.36. The molecular formula is C21H28FN3O5S. The van der Waals surface area contributed by atoms with Gasteiger partial charge in [-0.05, 0) is 36.5 Å². The van der Waals surface area contributed by atoms with Gasteiger partial charge in [-0.1, -0.05) is 12.1 Å². The number of aromatic nitrogens is 2. The highest BCUT2D eigenvalue weighted by atomic mass is 32.2. The summed E-state index contributed by atoms with van der Waals surface area (Å²) in [4.78, 5) is 18.4. The van der Waals surface area contributed by atoms with Crippen LogP contribution < -0.4 is 0 Å². The molecule has 8 nitrogen and oxygen atoms in total. The molecule has 0 atom stereocenters. The van der Waals surface area contributed by atoms with E-state index in [1.165, 1.54) is 44.7 Å². The molecule has 1 aromatic carbocycles. The Morgan fingerprint density at radius 1 is 1.23 bits per heavy atom. The molecule has 10 heteroatoms. The molecule has 170 valence electrons. The maximum absolute atomic E-state index is 13.2. The molecule has 1 aromatic heterocycles. The summed E-state index contributed by atoms with van der Waals surface area (Å²) in [5.41, 5.74) is 1.08. The van der Waals surface area contributed by atoms with Crippen LogP contribution in [0.15, 0.2) is 35.6 Å². The predicted molar refractivity (Wildman–Crippen MR) is 111 cm³/mol. The van der Waals surface area contributed by atoms with Gasteiger partial charge in [-0.3, -0.25) is 4.79 Å². The van der Waals surface area contributed by atoms with Crippen molar-refractivity contribution in [3.8, 4) is 0 Å². The molecule has 0 unspecified atom stereocenters. The summed E-state index contributed by atoms with van der Waals surface area (Å²) in [5.74, 6) is -0.408. The fraction of sp³-hybridized carbons (Fsp3) is 0.524. The van der Waals surface area contributed by atoms with Crippen LogP contribution in [0.1, 0.15) is 24.1 Å². The number of methoxy groups -OCH3 is 2. The zero-order valence-corrected chi connectivity index (χ0v) is 18.6. The number of hydrogen-bond acceptors (Lipinski definition) is 6. The number of carbonyl (C=O) groups is 1. The first-order valence-electron chi connectivity index (χ1n) is 10.1. The zero-order chi connectivity index (χ0) is 22.4. The molecule has 0 spiro atoms. The number of hydrogen-bond donors (Lipinski definition) is 0. The summed E-state index contributed by atoms with van der Waals surface area (Å²) in [6.07, 6.45) is 3.65. The lowest BCUT2D eigenvalue weighted by Gasteiger charge is -2.23. The first-order chi connectivity index (χ1) is 14.8. The lowest BCUT2D eigenvalue weighted by molar-refractivity contribution is -0.136. The highest BCUT2D eigenvalue weighted by Crippen LogP contribution is 2.30. The maximum Gasteiger partial charge on any atom is 0.248 e. The van der Waals surface area contributed by atoms with Crippen molar-refractivity contribution in [3.05, 3.63) is 47.5 Å². The van der Waals surface area contributed by atoms with Crippen LogP contribution in [-0.4, -0.2) is 62.8 Å². The van der Waals surface area contributed by atoms with E-state index in [2.05, 4.69) is 4.98 Å². The molecule has 0 bridgehead atoms. The molecule has 1 aliphatic carbocycles. The van der Waals surface area contributed by atoms with Crippen LogP contribution in [-0.2, 0) is 42.9 Å². The Balaban J connectivity index is 1.87. The minimum absolute atomic E-state index is 0.0331. The molecule has 0 radical (unpaired) electrons. The van der Waals surface area contributed by atoms with Crippen LogP contribution in [0.4, 0.5) is 4.39 Å². The maximum atomic E-state index is 13.2. The average molecular weight is 454 g/mol. The zero-order valence-electron chi connectivity index (χ0n) is 17.8. The van der Waals surface area contributed by atoms with Gasteiger partial charge in [0.15, 0.2) is 0 Å². The molecule has 0 saturated heterocycles. The van der Waals surface area contributed by atoms with E-state index in [0.717, 1.165) is 12.8 Å². The minimum Gasteiger partial charge on any atom is -0.383 e. The third-order valence-corrected chi connectivity index (χ3v) is 6.71. The Bertz CT molecular complexity index is 987. The number of benzene rings is 1. The van der Waals surface area contributed by atoms with Crippen molar-refractivity contribution < 1.29 is 27.1 Å². The second kappa shape index (κ2) is 10.3. The second-order valence-corrected chi connectivity index (χ2v) is 9.60. The molecule has 1 fully saturated rings. The summed E-state index contributed by atoms with van der Waals surface area (Å²) >= 11 is 0. The first kappa shape index (κ1) is 23.4. The molecular weight excluding hydrogens is 425 g/mol. The van der Waals surface area contributed by atoms with E-state index in [4.69, 9.17) is 9.47 Å². The number of carbonyl (C=O) groups excluding carboxylic acids is 1. The highest BCUT2D eigenvalue weighted by molar-refractivity contribution is 7.90. The van der Waals surface area contributed by atoms with Crippen molar-refractivity contribution in [1.82, 2.24) is 14.5 Å². The highest BCUT2D eigenvalue weighted by Gasteiger charge is 2.29. The number of ether oxygens (including phenoxy) is 2. The van der Waals surface area contributed by atoms with Gasteiger partial charge in [0.1, 0.15) is 12.4 Å². The molecule has 3 rings (SSSR count). The molecule has 1 heterocycles.